The molecule has 4 heteroatoms. The van der Waals surface area contributed by atoms with Gasteiger partial charge in [-0.1, -0.05) is 133 Å². The summed E-state index contributed by atoms with van der Waals surface area (Å²) >= 11 is 0. The summed E-state index contributed by atoms with van der Waals surface area (Å²) in [5.74, 6) is 1.90. The number of benzene rings is 8. The third-order valence-corrected chi connectivity index (χ3v) is 9.75. The standard InChI is InChI=1S/C46H28N4/c1-2-7-35-26-37(20-15-29(35)6-1)30-13-18-34(19-14-30)44-48-45(38-11-4-10-36(27-38)39-12-5-25-47-28-39)50-46(49-44)41-24-22-33-17-16-31-8-3-9-32-21-23-40(41)43(33)42(31)32/h1-28H. The molecule has 10 aromatic rings. The van der Waals surface area contributed by atoms with E-state index in [1.807, 2.05) is 12.3 Å². The van der Waals surface area contributed by atoms with Gasteiger partial charge in [0.1, 0.15) is 0 Å². The Morgan fingerprint density at radius 2 is 0.900 bits per heavy atom. The normalized spacial score (nSPS) is 11.6. The van der Waals surface area contributed by atoms with Gasteiger partial charge in [-0.2, -0.15) is 0 Å². The molecule has 0 spiro atoms. The van der Waals surface area contributed by atoms with Gasteiger partial charge in [0, 0.05) is 34.6 Å². The Bertz CT molecular complexity index is 2850. The number of pyridine rings is 1. The number of hydrogen-bond acceptors (Lipinski definition) is 4. The first kappa shape index (κ1) is 28.3. The lowest BCUT2D eigenvalue weighted by atomic mass is 9.92. The lowest BCUT2D eigenvalue weighted by Gasteiger charge is -2.14. The Morgan fingerprint density at radius 1 is 0.320 bits per heavy atom. The van der Waals surface area contributed by atoms with Crippen molar-refractivity contribution in [2.45, 2.75) is 0 Å². The van der Waals surface area contributed by atoms with Crippen molar-refractivity contribution in [1.29, 1.82) is 0 Å². The van der Waals surface area contributed by atoms with Crippen LogP contribution in [0, 0.1) is 0 Å². The van der Waals surface area contributed by atoms with Crippen LogP contribution in [0.1, 0.15) is 0 Å². The molecule has 0 N–H and O–H groups in total. The summed E-state index contributed by atoms with van der Waals surface area (Å²) in [6.45, 7) is 0. The Kier molecular flexibility index (Phi) is 6.46. The minimum Gasteiger partial charge on any atom is -0.264 e. The minimum atomic E-state index is 0.625. The van der Waals surface area contributed by atoms with Crippen molar-refractivity contribution in [3.8, 4) is 56.4 Å². The molecule has 0 saturated heterocycles. The second kappa shape index (κ2) is 11.4. The van der Waals surface area contributed by atoms with Gasteiger partial charge in [0.25, 0.3) is 0 Å². The number of rotatable bonds is 5. The van der Waals surface area contributed by atoms with Gasteiger partial charge in [0.15, 0.2) is 17.5 Å². The van der Waals surface area contributed by atoms with Crippen molar-refractivity contribution in [1.82, 2.24) is 19.9 Å². The smallest absolute Gasteiger partial charge is 0.164 e. The molecule has 0 fully saturated rings. The Balaban J connectivity index is 1.15. The third-order valence-electron chi connectivity index (χ3n) is 9.75. The molecule has 232 valence electrons. The number of nitrogens with zero attached hydrogens (tertiary/aromatic N) is 4. The molecule has 0 aliphatic carbocycles. The largest absolute Gasteiger partial charge is 0.264 e. The van der Waals surface area contributed by atoms with Crippen molar-refractivity contribution < 1.29 is 0 Å². The Hall–Kier alpha value is -6.78. The summed E-state index contributed by atoms with van der Waals surface area (Å²) < 4.78 is 0. The lowest BCUT2D eigenvalue weighted by Crippen LogP contribution is -2.01. The zero-order chi connectivity index (χ0) is 33.0. The summed E-state index contributed by atoms with van der Waals surface area (Å²) in [4.78, 5) is 19.8. The number of fused-ring (bicyclic) bond motifs is 1. The predicted molar refractivity (Wildman–Crippen MR) is 206 cm³/mol. The fraction of sp³-hybridized carbons (Fsp3) is 0. The molecule has 0 bridgehead atoms. The molecule has 50 heavy (non-hydrogen) atoms. The molecule has 0 aliphatic rings. The fourth-order valence-corrected chi connectivity index (χ4v) is 7.24. The highest BCUT2D eigenvalue weighted by Gasteiger charge is 2.17. The van der Waals surface area contributed by atoms with Crippen molar-refractivity contribution in [3.63, 3.8) is 0 Å². The van der Waals surface area contributed by atoms with Gasteiger partial charge in [-0.15, -0.1) is 0 Å². The van der Waals surface area contributed by atoms with Crippen molar-refractivity contribution in [3.05, 3.63) is 170 Å². The third kappa shape index (κ3) is 4.77. The predicted octanol–water partition coefficient (Wildman–Crippen LogP) is 11.7. The molecule has 2 aromatic heterocycles. The van der Waals surface area contributed by atoms with Gasteiger partial charge in [-0.3, -0.25) is 4.98 Å². The van der Waals surface area contributed by atoms with E-state index in [0.29, 0.717) is 17.5 Å². The highest BCUT2D eigenvalue weighted by Crippen LogP contribution is 2.39. The van der Waals surface area contributed by atoms with E-state index in [0.717, 1.165) is 38.8 Å². The molecular weight excluding hydrogens is 609 g/mol. The second-order valence-electron chi connectivity index (χ2n) is 12.7. The first-order valence-corrected chi connectivity index (χ1v) is 16.8. The second-order valence-corrected chi connectivity index (χ2v) is 12.7. The van der Waals surface area contributed by atoms with Crippen LogP contribution in [0.25, 0.3) is 99.5 Å². The minimum absolute atomic E-state index is 0.625. The van der Waals surface area contributed by atoms with E-state index >= 15 is 0 Å². The quantitative estimate of drug-likeness (QED) is 0.176. The summed E-state index contributed by atoms with van der Waals surface area (Å²) in [5, 5.41) is 9.76. The monoisotopic (exact) mass is 636 g/mol. The van der Waals surface area contributed by atoms with Gasteiger partial charge in [-0.25, -0.2) is 15.0 Å². The van der Waals surface area contributed by atoms with E-state index in [9.17, 15) is 0 Å². The molecule has 2 heterocycles. The van der Waals surface area contributed by atoms with Gasteiger partial charge in [0.05, 0.1) is 0 Å². The highest BCUT2D eigenvalue weighted by molar-refractivity contribution is 6.25. The van der Waals surface area contributed by atoms with Crippen molar-refractivity contribution in [2.24, 2.45) is 0 Å². The Labute approximate surface area is 288 Å². The molecule has 0 amide bonds. The summed E-state index contributed by atoms with van der Waals surface area (Å²) in [6, 6.07) is 55.6. The van der Waals surface area contributed by atoms with E-state index in [-0.39, 0.29) is 0 Å². The van der Waals surface area contributed by atoms with Crippen LogP contribution in [0.2, 0.25) is 0 Å². The number of hydrogen-bond donors (Lipinski definition) is 0. The van der Waals surface area contributed by atoms with Gasteiger partial charge in [-0.05, 0) is 84.0 Å². The molecule has 0 unspecified atom stereocenters. The summed E-state index contributed by atoms with van der Waals surface area (Å²) in [7, 11) is 0. The molecular formula is C46H28N4. The molecule has 0 saturated carbocycles. The van der Waals surface area contributed by atoms with Gasteiger partial charge >= 0.3 is 0 Å². The maximum absolute atomic E-state index is 5.17. The lowest BCUT2D eigenvalue weighted by molar-refractivity contribution is 1.08. The van der Waals surface area contributed by atoms with Crippen molar-refractivity contribution in [2.75, 3.05) is 0 Å². The van der Waals surface area contributed by atoms with E-state index in [2.05, 4.69) is 157 Å². The molecule has 10 rings (SSSR count). The van der Waals surface area contributed by atoms with Crippen molar-refractivity contribution >= 4 is 43.1 Å². The van der Waals surface area contributed by atoms with Crippen LogP contribution in [0.15, 0.2) is 170 Å². The molecule has 8 aromatic carbocycles. The van der Waals surface area contributed by atoms with Crippen LogP contribution in [-0.4, -0.2) is 19.9 Å². The van der Waals surface area contributed by atoms with E-state index < -0.39 is 0 Å². The van der Waals surface area contributed by atoms with Gasteiger partial charge in [0.2, 0.25) is 0 Å². The molecule has 0 radical (unpaired) electrons. The van der Waals surface area contributed by atoms with E-state index in [4.69, 9.17) is 15.0 Å². The zero-order valence-electron chi connectivity index (χ0n) is 27.0. The number of aromatic nitrogens is 4. The molecule has 0 atom stereocenters. The molecule has 4 nitrogen and oxygen atoms in total. The molecule has 0 aliphatic heterocycles. The van der Waals surface area contributed by atoms with E-state index in [1.54, 1.807) is 6.20 Å². The van der Waals surface area contributed by atoms with Crippen LogP contribution in [-0.2, 0) is 0 Å². The van der Waals surface area contributed by atoms with Crippen LogP contribution in [0.5, 0.6) is 0 Å². The maximum atomic E-state index is 5.17. The van der Waals surface area contributed by atoms with Crippen LogP contribution >= 0.6 is 0 Å². The zero-order valence-corrected chi connectivity index (χ0v) is 27.0. The first-order chi connectivity index (χ1) is 24.7. The van der Waals surface area contributed by atoms with Gasteiger partial charge < -0.3 is 0 Å². The SMILES string of the molecule is c1cncc(-c2cccc(-c3nc(-c4ccc(-c5ccc6ccccc6c5)cc4)nc(-c4ccc5ccc6cccc7ccc4c5c67)n3)c2)c1. The average molecular weight is 637 g/mol. The van der Waals surface area contributed by atoms with Crippen LogP contribution in [0.3, 0.4) is 0 Å². The highest BCUT2D eigenvalue weighted by atomic mass is 15.0. The maximum Gasteiger partial charge on any atom is 0.164 e. The van der Waals surface area contributed by atoms with E-state index in [1.165, 1.54) is 43.3 Å². The first-order valence-electron chi connectivity index (χ1n) is 16.8. The Morgan fingerprint density at radius 3 is 1.72 bits per heavy atom. The van der Waals surface area contributed by atoms with Crippen LogP contribution in [0.4, 0.5) is 0 Å². The summed E-state index contributed by atoms with van der Waals surface area (Å²) in [6.07, 6.45) is 3.67. The van der Waals surface area contributed by atoms with Crippen LogP contribution < -0.4 is 0 Å². The summed E-state index contributed by atoms with van der Waals surface area (Å²) in [5.41, 5.74) is 7.25. The fourth-order valence-electron chi connectivity index (χ4n) is 7.24. The topological polar surface area (TPSA) is 51.6 Å². The average Bonchev–Trinajstić information content (AvgIpc) is 3.20.